The fourth-order valence-corrected chi connectivity index (χ4v) is 2.68. The summed E-state index contributed by atoms with van der Waals surface area (Å²) in [6.45, 7) is 2.29. The van der Waals surface area contributed by atoms with Crippen molar-refractivity contribution in [1.29, 1.82) is 0 Å². The molecule has 5 nitrogen and oxygen atoms in total. The average molecular weight is 252 g/mol. The number of fused-ring (bicyclic) bond motifs is 3. The number of aliphatic hydroxyl groups is 1. The van der Waals surface area contributed by atoms with Gasteiger partial charge < -0.3 is 24.8 Å². The van der Waals surface area contributed by atoms with Crippen LogP contribution in [-0.2, 0) is 16.1 Å². The van der Waals surface area contributed by atoms with Crippen molar-refractivity contribution in [2.75, 3.05) is 6.61 Å². The minimum absolute atomic E-state index is 0.00433. The Labute approximate surface area is 105 Å². The van der Waals surface area contributed by atoms with Gasteiger partial charge in [-0.25, -0.2) is 0 Å². The van der Waals surface area contributed by atoms with Gasteiger partial charge in [-0.2, -0.15) is 0 Å². The number of ether oxygens (including phenoxy) is 2. The molecule has 0 amide bonds. The smallest absolute Gasteiger partial charge is 0.196 e. The normalized spacial score (nSPS) is 30.7. The van der Waals surface area contributed by atoms with Crippen molar-refractivity contribution in [1.82, 2.24) is 0 Å². The first-order valence-corrected chi connectivity index (χ1v) is 6.05. The van der Waals surface area contributed by atoms with Gasteiger partial charge in [0.05, 0.1) is 6.61 Å². The zero-order valence-corrected chi connectivity index (χ0v) is 10.1. The minimum Gasteiger partial charge on any atom is -0.508 e. The zero-order valence-electron chi connectivity index (χ0n) is 10.1. The van der Waals surface area contributed by atoms with Crippen LogP contribution in [0, 0.1) is 6.92 Å². The van der Waals surface area contributed by atoms with Gasteiger partial charge in [-0.3, -0.25) is 0 Å². The lowest BCUT2D eigenvalue weighted by molar-refractivity contribution is -0.305. The van der Waals surface area contributed by atoms with Gasteiger partial charge >= 0.3 is 0 Å². The zero-order chi connectivity index (χ0) is 12.9. The molecule has 1 aromatic rings. The Balaban J connectivity index is 2.15. The van der Waals surface area contributed by atoms with Gasteiger partial charge in [-0.1, -0.05) is 0 Å². The summed E-state index contributed by atoms with van der Waals surface area (Å²) in [5.41, 5.74) is 1.62. The molecule has 0 aliphatic carbocycles. The second kappa shape index (κ2) is 3.85. The molecule has 2 atom stereocenters. The summed E-state index contributed by atoms with van der Waals surface area (Å²) < 4.78 is 11.0. The van der Waals surface area contributed by atoms with E-state index in [0.717, 1.165) is 6.42 Å². The van der Waals surface area contributed by atoms with Crippen LogP contribution < -0.4 is 0 Å². The number of hydrogen-bond acceptors (Lipinski definition) is 5. The van der Waals surface area contributed by atoms with Gasteiger partial charge in [0.25, 0.3) is 0 Å². The number of benzene rings is 1. The Kier molecular flexibility index (Phi) is 2.52. The maximum atomic E-state index is 10.4. The molecular weight excluding hydrogens is 236 g/mol. The van der Waals surface area contributed by atoms with E-state index in [4.69, 9.17) is 9.47 Å². The van der Waals surface area contributed by atoms with Crippen molar-refractivity contribution < 1.29 is 24.8 Å². The summed E-state index contributed by atoms with van der Waals surface area (Å²) >= 11 is 0. The number of phenolic OH excluding ortho intramolecular Hbond substituents is 2. The van der Waals surface area contributed by atoms with Gasteiger partial charge in [-0.05, 0) is 25.0 Å². The average Bonchev–Trinajstić information content (AvgIpc) is 2.35. The molecule has 5 heteroatoms. The van der Waals surface area contributed by atoms with Crippen LogP contribution in [0.3, 0.4) is 0 Å². The lowest BCUT2D eigenvalue weighted by atomic mass is 9.87. The second-order valence-electron chi connectivity index (χ2n) is 4.92. The second-order valence-corrected chi connectivity index (χ2v) is 4.92. The highest BCUT2D eigenvalue weighted by atomic mass is 16.7. The summed E-state index contributed by atoms with van der Waals surface area (Å²) in [5.74, 6) is -1.33. The van der Waals surface area contributed by atoms with E-state index in [1.165, 1.54) is 0 Å². The van der Waals surface area contributed by atoms with Crippen LogP contribution in [0.4, 0.5) is 0 Å². The van der Waals surface area contributed by atoms with E-state index in [9.17, 15) is 15.3 Å². The molecule has 0 unspecified atom stereocenters. The first kappa shape index (κ1) is 11.8. The molecule has 0 radical (unpaired) electrons. The predicted octanol–water partition coefficient (Wildman–Crippen LogP) is 1.48. The lowest BCUT2D eigenvalue weighted by Crippen LogP contribution is -2.46. The standard InChI is InChI=1S/C13H16O5/c1-7-10(14)5-8-9(11(7)15)6-18-13(16)3-2-4-17-12(8)13/h5,12,14-16H,2-4,6H2,1H3/t12-,13-/m0/s1. The fourth-order valence-electron chi connectivity index (χ4n) is 2.68. The molecule has 0 saturated carbocycles. The van der Waals surface area contributed by atoms with E-state index in [1.807, 2.05) is 0 Å². The van der Waals surface area contributed by atoms with Crippen LogP contribution in [0.15, 0.2) is 6.07 Å². The lowest BCUT2D eigenvalue weighted by Gasteiger charge is -2.43. The highest BCUT2D eigenvalue weighted by Gasteiger charge is 2.47. The van der Waals surface area contributed by atoms with Gasteiger partial charge in [0.15, 0.2) is 5.79 Å². The van der Waals surface area contributed by atoms with Crippen molar-refractivity contribution in [2.24, 2.45) is 0 Å². The minimum atomic E-state index is -1.35. The molecule has 2 aliphatic rings. The Morgan fingerprint density at radius 3 is 2.94 bits per heavy atom. The highest BCUT2D eigenvalue weighted by molar-refractivity contribution is 5.53. The molecule has 18 heavy (non-hydrogen) atoms. The van der Waals surface area contributed by atoms with Crippen molar-refractivity contribution >= 4 is 0 Å². The van der Waals surface area contributed by atoms with Gasteiger partial charge in [0.1, 0.15) is 17.6 Å². The van der Waals surface area contributed by atoms with E-state index in [-0.39, 0.29) is 18.1 Å². The molecule has 2 heterocycles. The van der Waals surface area contributed by atoms with Crippen LogP contribution in [0.5, 0.6) is 11.5 Å². The molecule has 3 N–H and O–H groups in total. The summed E-state index contributed by atoms with van der Waals surface area (Å²) in [6, 6.07) is 1.55. The van der Waals surface area contributed by atoms with Crippen LogP contribution in [0.25, 0.3) is 0 Å². The summed E-state index contributed by atoms with van der Waals surface area (Å²) in [5, 5.41) is 30.2. The maximum absolute atomic E-state index is 10.4. The monoisotopic (exact) mass is 252 g/mol. The van der Waals surface area contributed by atoms with Gasteiger partial charge in [-0.15, -0.1) is 0 Å². The Morgan fingerprint density at radius 2 is 2.17 bits per heavy atom. The SMILES string of the molecule is Cc1c(O)cc2c(c1O)CO[C@@]1(O)CCCO[C@@H]21. The number of phenols is 2. The van der Waals surface area contributed by atoms with Crippen molar-refractivity contribution in [2.45, 2.75) is 38.3 Å². The summed E-state index contributed by atoms with van der Waals surface area (Å²) in [6.07, 6.45) is 0.575. The third-order valence-electron chi connectivity index (χ3n) is 3.79. The van der Waals surface area contributed by atoms with Crippen molar-refractivity contribution in [3.05, 3.63) is 22.8 Å². The molecule has 1 saturated heterocycles. The quantitative estimate of drug-likeness (QED) is 0.651. The van der Waals surface area contributed by atoms with E-state index < -0.39 is 11.9 Å². The topological polar surface area (TPSA) is 79.2 Å². The Morgan fingerprint density at radius 1 is 1.39 bits per heavy atom. The molecule has 0 spiro atoms. The first-order chi connectivity index (χ1) is 8.53. The number of rotatable bonds is 0. The summed E-state index contributed by atoms with van der Waals surface area (Å²) in [4.78, 5) is 0. The Bertz CT molecular complexity index is 499. The van der Waals surface area contributed by atoms with Crippen molar-refractivity contribution in [3.63, 3.8) is 0 Å². The van der Waals surface area contributed by atoms with Crippen LogP contribution in [0.2, 0.25) is 0 Å². The van der Waals surface area contributed by atoms with E-state index in [0.29, 0.717) is 29.7 Å². The van der Waals surface area contributed by atoms with Crippen LogP contribution in [0.1, 0.15) is 35.6 Å². The molecule has 1 aromatic carbocycles. The Hall–Kier alpha value is -1.30. The summed E-state index contributed by atoms with van der Waals surface area (Å²) in [7, 11) is 0. The molecule has 2 aliphatic heterocycles. The van der Waals surface area contributed by atoms with E-state index in [2.05, 4.69) is 0 Å². The van der Waals surface area contributed by atoms with E-state index in [1.54, 1.807) is 13.0 Å². The van der Waals surface area contributed by atoms with Crippen LogP contribution >= 0.6 is 0 Å². The molecule has 1 fully saturated rings. The highest BCUT2D eigenvalue weighted by Crippen LogP contribution is 2.48. The largest absolute Gasteiger partial charge is 0.508 e. The number of aromatic hydroxyl groups is 2. The van der Waals surface area contributed by atoms with E-state index >= 15 is 0 Å². The third-order valence-corrected chi connectivity index (χ3v) is 3.79. The number of hydrogen-bond donors (Lipinski definition) is 3. The van der Waals surface area contributed by atoms with Crippen LogP contribution in [-0.4, -0.2) is 27.7 Å². The molecule has 98 valence electrons. The maximum Gasteiger partial charge on any atom is 0.196 e. The predicted molar refractivity (Wildman–Crippen MR) is 62.2 cm³/mol. The molecular formula is C13H16O5. The third kappa shape index (κ3) is 1.51. The van der Waals surface area contributed by atoms with Gasteiger partial charge in [0, 0.05) is 24.2 Å². The molecule has 0 bridgehead atoms. The first-order valence-electron chi connectivity index (χ1n) is 6.05. The molecule has 3 rings (SSSR count). The van der Waals surface area contributed by atoms with Crippen molar-refractivity contribution in [3.8, 4) is 11.5 Å². The molecule has 0 aromatic heterocycles. The fraction of sp³-hybridized carbons (Fsp3) is 0.538. The van der Waals surface area contributed by atoms with Gasteiger partial charge in [0.2, 0.25) is 0 Å².